The molecule has 0 spiro atoms. The molecule has 1 heterocycles. The van der Waals surface area contributed by atoms with E-state index in [0.29, 0.717) is 23.2 Å². The largest absolute Gasteiger partial charge is 0.489 e. The number of hydrogen-bond donors (Lipinski definition) is 2. The van der Waals surface area contributed by atoms with E-state index >= 15 is 0 Å². The van der Waals surface area contributed by atoms with Crippen LogP contribution in [0.3, 0.4) is 0 Å². The van der Waals surface area contributed by atoms with E-state index in [1.54, 1.807) is 24.4 Å². The quantitative estimate of drug-likeness (QED) is 0.335. The number of nitrogens with zero attached hydrogens (tertiary/aromatic N) is 2. The third kappa shape index (κ3) is 6.30. The zero-order valence-corrected chi connectivity index (χ0v) is 18.3. The van der Waals surface area contributed by atoms with Gasteiger partial charge in [0, 0.05) is 22.1 Å². The minimum Gasteiger partial charge on any atom is -0.489 e. The van der Waals surface area contributed by atoms with Crippen molar-refractivity contribution in [3.63, 3.8) is 0 Å². The second kappa shape index (κ2) is 10.7. The monoisotopic (exact) mass is 486 g/mol. The van der Waals surface area contributed by atoms with Gasteiger partial charge in [0.05, 0.1) is 6.21 Å². The zero-order chi connectivity index (χ0) is 21.3. The van der Waals surface area contributed by atoms with Crippen LogP contribution >= 0.6 is 27.7 Å². The highest BCUT2D eigenvalue weighted by Crippen LogP contribution is 2.24. The van der Waals surface area contributed by atoms with E-state index in [9.17, 15) is 9.59 Å². The second-order valence-electron chi connectivity index (χ2n) is 6.15. The predicted octanol–water partition coefficient (Wildman–Crippen LogP) is 3.96. The Morgan fingerprint density at radius 1 is 1.30 bits per heavy atom. The number of carbonyl (C=O) groups excluding carboxylic acids is 2. The summed E-state index contributed by atoms with van der Waals surface area (Å²) in [4.78, 5) is 24.3. The van der Waals surface area contributed by atoms with Crippen molar-refractivity contribution in [1.29, 1.82) is 0 Å². The molecule has 2 aromatic carbocycles. The van der Waals surface area contributed by atoms with Crippen molar-refractivity contribution in [2.45, 2.75) is 11.7 Å². The van der Waals surface area contributed by atoms with Crippen LogP contribution in [0.2, 0.25) is 0 Å². The summed E-state index contributed by atoms with van der Waals surface area (Å²) >= 11 is 4.59. The Morgan fingerprint density at radius 2 is 2.10 bits per heavy atom. The number of benzene rings is 2. The molecule has 3 rings (SSSR count). The molecule has 1 aliphatic rings. The summed E-state index contributed by atoms with van der Waals surface area (Å²) in [6.45, 7) is 4.00. The summed E-state index contributed by atoms with van der Waals surface area (Å²) in [5, 5.41) is 13.3. The van der Waals surface area contributed by atoms with E-state index in [0.717, 1.165) is 10.0 Å². The molecule has 7 nitrogen and oxygen atoms in total. The van der Waals surface area contributed by atoms with Gasteiger partial charge in [-0.3, -0.25) is 9.59 Å². The lowest BCUT2D eigenvalue weighted by Crippen LogP contribution is -2.28. The lowest BCUT2D eigenvalue weighted by atomic mass is 10.2. The fourth-order valence-electron chi connectivity index (χ4n) is 2.53. The highest BCUT2D eigenvalue weighted by atomic mass is 79.9. The minimum absolute atomic E-state index is 0.0410. The van der Waals surface area contributed by atoms with Crippen LogP contribution in [-0.4, -0.2) is 35.1 Å². The normalized spacial score (nSPS) is 17.2. The summed E-state index contributed by atoms with van der Waals surface area (Å²) in [6.07, 6.45) is 3.24. The van der Waals surface area contributed by atoms with Gasteiger partial charge in [0.15, 0.2) is 5.17 Å². The Bertz CT molecular complexity index is 995. The summed E-state index contributed by atoms with van der Waals surface area (Å²) in [5.41, 5.74) is 1.41. The first kappa shape index (κ1) is 21.8. The van der Waals surface area contributed by atoms with Crippen LogP contribution < -0.4 is 15.4 Å². The maximum Gasteiger partial charge on any atom is 0.240 e. The van der Waals surface area contributed by atoms with Gasteiger partial charge < -0.3 is 15.4 Å². The van der Waals surface area contributed by atoms with E-state index in [1.807, 2.05) is 36.4 Å². The van der Waals surface area contributed by atoms with Gasteiger partial charge in [-0.2, -0.15) is 5.10 Å². The molecule has 0 aliphatic carbocycles. The number of ether oxygens (including phenoxy) is 1. The van der Waals surface area contributed by atoms with Crippen molar-refractivity contribution >= 4 is 56.6 Å². The van der Waals surface area contributed by atoms with Gasteiger partial charge in [0.1, 0.15) is 17.6 Å². The van der Waals surface area contributed by atoms with Crippen molar-refractivity contribution in [3.05, 3.63) is 71.2 Å². The SMILES string of the molecule is C=CCOc1ccc(Br)cc1C=N/N=C1/NC(=O)C(CC(=O)Nc2ccccc2)S1. The average Bonchev–Trinajstić information content (AvgIpc) is 3.07. The molecule has 0 saturated carbocycles. The maximum atomic E-state index is 12.2. The average molecular weight is 487 g/mol. The highest BCUT2D eigenvalue weighted by Gasteiger charge is 2.32. The molecule has 0 aromatic heterocycles. The van der Waals surface area contributed by atoms with Crippen LogP contribution in [0.5, 0.6) is 5.75 Å². The molecule has 2 amide bonds. The molecule has 2 aromatic rings. The summed E-state index contributed by atoms with van der Waals surface area (Å²) in [5.74, 6) is 0.131. The molecular formula is C21H19BrN4O3S. The topological polar surface area (TPSA) is 92.2 Å². The number of amidine groups is 1. The van der Waals surface area contributed by atoms with Gasteiger partial charge in [0.25, 0.3) is 0 Å². The lowest BCUT2D eigenvalue weighted by molar-refractivity contribution is -0.122. The number of anilines is 1. The standard InChI is InChI=1S/C21H19BrN4O3S/c1-2-10-29-17-9-8-15(22)11-14(17)13-23-26-21-25-20(28)18(30-21)12-19(27)24-16-6-4-3-5-7-16/h2-9,11,13,18H,1,10,12H2,(H,24,27)(H,25,26,28). The zero-order valence-electron chi connectivity index (χ0n) is 15.9. The highest BCUT2D eigenvalue weighted by molar-refractivity contribution is 9.10. The number of halogens is 1. The number of hydrogen-bond acceptors (Lipinski definition) is 6. The minimum atomic E-state index is -0.556. The van der Waals surface area contributed by atoms with Gasteiger partial charge >= 0.3 is 0 Å². The molecular weight excluding hydrogens is 468 g/mol. The van der Waals surface area contributed by atoms with Crippen molar-refractivity contribution in [2.75, 3.05) is 11.9 Å². The molecule has 1 saturated heterocycles. The lowest BCUT2D eigenvalue weighted by Gasteiger charge is -2.07. The van der Waals surface area contributed by atoms with E-state index < -0.39 is 5.25 Å². The molecule has 1 fully saturated rings. The smallest absolute Gasteiger partial charge is 0.240 e. The number of amides is 2. The Balaban J connectivity index is 1.60. The third-order valence-electron chi connectivity index (χ3n) is 3.88. The predicted molar refractivity (Wildman–Crippen MR) is 124 cm³/mol. The van der Waals surface area contributed by atoms with Gasteiger partial charge in [-0.05, 0) is 30.3 Å². The Labute approximate surface area is 186 Å². The number of nitrogens with one attached hydrogen (secondary N) is 2. The first-order chi connectivity index (χ1) is 14.5. The van der Waals surface area contributed by atoms with E-state index in [-0.39, 0.29) is 18.2 Å². The van der Waals surface area contributed by atoms with Crippen LogP contribution in [0, 0.1) is 0 Å². The Morgan fingerprint density at radius 3 is 2.87 bits per heavy atom. The van der Waals surface area contributed by atoms with Crippen molar-refractivity contribution < 1.29 is 14.3 Å². The molecule has 0 bridgehead atoms. The van der Waals surface area contributed by atoms with Gasteiger partial charge in [-0.15, -0.1) is 5.10 Å². The fourth-order valence-corrected chi connectivity index (χ4v) is 3.84. The number of rotatable bonds is 8. The van der Waals surface area contributed by atoms with Crippen LogP contribution in [-0.2, 0) is 9.59 Å². The molecule has 30 heavy (non-hydrogen) atoms. The van der Waals surface area contributed by atoms with E-state index in [1.165, 1.54) is 11.8 Å². The molecule has 1 atom stereocenters. The van der Waals surface area contributed by atoms with Crippen molar-refractivity contribution in [2.24, 2.45) is 10.2 Å². The van der Waals surface area contributed by atoms with E-state index in [2.05, 4.69) is 43.3 Å². The molecule has 1 unspecified atom stereocenters. The van der Waals surface area contributed by atoms with Gasteiger partial charge in [0.2, 0.25) is 11.8 Å². The maximum absolute atomic E-state index is 12.2. The fraction of sp³-hybridized carbons (Fsp3) is 0.143. The molecule has 0 radical (unpaired) electrons. The summed E-state index contributed by atoms with van der Waals surface area (Å²) in [7, 11) is 0. The van der Waals surface area contributed by atoms with Gasteiger partial charge in [-0.1, -0.05) is 58.5 Å². The first-order valence-electron chi connectivity index (χ1n) is 9.02. The Hall–Kier alpha value is -2.91. The molecule has 154 valence electrons. The van der Waals surface area contributed by atoms with Crippen molar-refractivity contribution in [3.8, 4) is 5.75 Å². The number of thioether (sulfide) groups is 1. The second-order valence-corrected chi connectivity index (χ2v) is 8.25. The van der Waals surface area contributed by atoms with Crippen LogP contribution in [0.4, 0.5) is 5.69 Å². The van der Waals surface area contributed by atoms with Crippen molar-refractivity contribution in [1.82, 2.24) is 5.32 Å². The summed E-state index contributed by atoms with van der Waals surface area (Å²) < 4.78 is 6.46. The first-order valence-corrected chi connectivity index (χ1v) is 10.7. The molecule has 1 aliphatic heterocycles. The van der Waals surface area contributed by atoms with Crippen LogP contribution in [0.1, 0.15) is 12.0 Å². The number of para-hydroxylation sites is 1. The third-order valence-corrected chi connectivity index (χ3v) is 5.44. The van der Waals surface area contributed by atoms with E-state index in [4.69, 9.17) is 4.74 Å². The summed E-state index contributed by atoms with van der Waals surface area (Å²) in [6, 6.07) is 14.6. The Kier molecular flexibility index (Phi) is 7.81. The van der Waals surface area contributed by atoms with Crippen LogP contribution in [0.15, 0.2) is 75.9 Å². The molecule has 9 heteroatoms. The molecule has 2 N–H and O–H groups in total. The number of carbonyl (C=O) groups is 2. The van der Waals surface area contributed by atoms with Gasteiger partial charge in [-0.25, -0.2) is 0 Å². The van der Waals surface area contributed by atoms with Crippen LogP contribution in [0.25, 0.3) is 0 Å².